The van der Waals surface area contributed by atoms with E-state index in [0.717, 1.165) is 11.4 Å². The molecule has 0 aliphatic carbocycles. The molecular weight excluding hydrogens is 256 g/mol. The summed E-state index contributed by atoms with van der Waals surface area (Å²) in [6, 6.07) is 13.4. The molecule has 0 bridgehead atoms. The van der Waals surface area contributed by atoms with Gasteiger partial charge in [-0.2, -0.15) is 11.8 Å². The predicted molar refractivity (Wildman–Crippen MR) is 79.1 cm³/mol. The lowest BCUT2D eigenvalue weighted by Gasteiger charge is -2.05. The van der Waals surface area contributed by atoms with Gasteiger partial charge < -0.3 is 5.32 Å². The third-order valence-electron chi connectivity index (χ3n) is 2.68. The van der Waals surface area contributed by atoms with Crippen LogP contribution in [0.2, 0.25) is 0 Å². The van der Waals surface area contributed by atoms with Gasteiger partial charge in [-0.05, 0) is 36.1 Å². The average Bonchev–Trinajstić information content (AvgIpc) is 2.47. The van der Waals surface area contributed by atoms with Crippen molar-refractivity contribution < 1.29 is 4.79 Å². The molecule has 98 valence electrons. The highest BCUT2D eigenvalue weighted by Gasteiger charge is 2.05. The van der Waals surface area contributed by atoms with Gasteiger partial charge in [-0.15, -0.1) is 0 Å². The summed E-state index contributed by atoms with van der Waals surface area (Å²) in [5, 5.41) is 2.86. The van der Waals surface area contributed by atoms with Crippen LogP contribution in [0.5, 0.6) is 0 Å². The first-order valence-electron chi connectivity index (χ1n) is 6.05. The molecule has 1 amide bonds. The summed E-state index contributed by atoms with van der Waals surface area (Å²) in [7, 11) is 0. The molecule has 0 aliphatic rings. The summed E-state index contributed by atoms with van der Waals surface area (Å²) >= 11 is 1.77. The number of carbonyl (C=O) groups is 1. The second kappa shape index (κ2) is 6.95. The van der Waals surface area contributed by atoms with E-state index in [2.05, 4.69) is 16.6 Å². The highest BCUT2D eigenvalue weighted by Crippen LogP contribution is 2.10. The van der Waals surface area contributed by atoms with E-state index >= 15 is 0 Å². The van der Waals surface area contributed by atoms with Crippen LogP contribution in [0.1, 0.15) is 21.6 Å². The topological polar surface area (TPSA) is 42.0 Å². The van der Waals surface area contributed by atoms with Gasteiger partial charge in [0.25, 0.3) is 5.91 Å². The molecule has 0 saturated carbocycles. The maximum Gasteiger partial charge on any atom is 0.251 e. The Morgan fingerprint density at radius 3 is 2.63 bits per heavy atom. The van der Waals surface area contributed by atoms with Gasteiger partial charge in [-0.3, -0.25) is 9.78 Å². The van der Waals surface area contributed by atoms with Crippen LogP contribution in [-0.2, 0) is 12.3 Å². The third-order valence-corrected chi connectivity index (χ3v) is 3.31. The van der Waals surface area contributed by atoms with Crippen LogP contribution >= 0.6 is 11.8 Å². The monoisotopic (exact) mass is 272 g/mol. The van der Waals surface area contributed by atoms with E-state index in [1.165, 1.54) is 5.56 Å². The number of carbonyl (C=O) groups excluding carboxylic acids is 1. The highest BCUT2D eigenvalue weighted by atomic mass is 32.2. The molecule has 0 unspecified atom stereocenters. The molecule has 0 saturated heterocycles. The Hall–Kier alpha value is -1.81. The molecule has 0 radical (unpaired) electrons. The SMILES string of the molecule is CSCc1ccc(C(=O)NCc2ccccn2)cc1. The average molecular weight is 272 g/mol. The van der Waals surface area contributed by atoms with Gasteiger partial charge in [0.1, 0.15) is 0 Å². The zero-order chi connectivity index (χ0) is 13.5. The van der Waals surface area contributed by atoms with Crippen LogP contribution in [-0.4, -0.2) is 17.1 Å². The van der Waals surface area contributed by atoms with Crippen molar-refractivity contribution in [2.24, 2.45) is 0 Å². The smallest absolute Gasteiger partial charge is 0.251 e. The molecule has 0 atom stereocenters. The number of nitrogens with zero attached hydrogens (tertiary/aromatic N) is 1. The number of thioether (sulfide) groups is 1. The highest BCUT2D eigenvalue weighted by molar-refractivity contribution is 7.97. The normalized spacial score (nSPS) is 10.2. The van der Waals surface area contributed by atoms with Crippen LogP contribution in [0.15, 0.2) is 48.7 Å². The number of aromatic nitrogens is 1. The maximum absolute atomic E-state index is 11.9. The fourth-order valence-corrected chi connectivity index (χ4v) is 2.22. The summed E-state index contributed by atoms with van der Waals surface area (Å²) < 4.78 is 0. The van der Waals surface area contributed by atoms with E-state index in [1.54, 1.807) is 18.0 Å². The number of benzene rings is 1. The van der Waals surface area contributed by atoms with E-state index < -0.39 is 0 Å². The molecule has 0 spiro atoms. The summed E-state index contributed by atoms with van der Waals surface area (Å²) in [6.45, 7) is 0.451. The second-order valence-corrected chi connectivity index (χ2v) is 5.00. The Morgan fingerprint density at radius 1 is 1.21 bits per heavy atom. The summed E-state index contributed by atoms with van der Waals surface area (Å²) in [6.07, 6.45) is 3.78. The molecule has 1 aromatic heterocycles. The van der Waals surface area contributed by atoms with E-state index in [0.29, 0.717) is 12.1 Å². The van der Waals surface area contributed by atoms with Crippen molar-refractivity contribution in [2.75, 3.05) is 6.26 Å². The van der Waals surface area contributed by atoms with E-state index in [-0.39, 0.29) is 5.91 Å². The minimum absolute atomic E-state index is 0.0682. The first-order valence-corrected chi connectivity index (χ1v) is 7.45. The number of nitrogens with one attached hydrogen (secondary N) is 1. The van der Waals surface area contributed by atoms with E-state index in [1.807, 2.05) is 42.5 Å². The number of hydrogen-bond donors (Lipinski definition) is 1. The molecule has 0 aliphatic heterocycles. The molecule has 4 heteroatoms. The summed E-state index contributed by atoms with van der Waals surface area (Å²) in [5.74, 6) is 0.900. The van der Waals surface area contributed by atoms with Crippen molar-refractivity contribution in [3.8, 4) is 0 Å². The fourth-order valence-electron chi connectivity index (χ4n) is 1.69. The van der Waals surface area contributed by atoms with Crippen molar-refractivity contribution in [1.29, 1.82) is 0 Å². The van der Waals surface area contributed by atoms with Crippen molar-refractivity contribution >= 4 is 17.7 Å². The largest absolute Gasteiger partial charge is 0.346 e. The summed E-state index contributed by atoms with van der Waals surface area (Å²) in [5.41, 5.74) is 2.77. The van der Waals surface area contributed by atoms with Gasteiger partial charge in [0.2, 0.25) is 0 Å². The van der Waals surface area contributed by atoms with Crippen molar-refractivity contribution in [2.45, 2.75) is 12.3 Å². The van der Waals surface area contributed by atoms with Crippen molar-refractivity contribution in [1.82, 2.24) is 10.3 Å². The standard InChI is InChI=1S/C15H16N2OS/c1-19-11-12-5-7-13(8-6-12)15(18)17-10-14-4-2-3-9-16-14/h2-9H,10-11H2,1H3,(H,17,18). The van der Waals surface area contributed by atoms with Gasteiger partial charge in [-0.1, -0.05) is 18.2 Å². The first-order chi connectivity index (χ1) is 9.29. The van der Waals surface area contributed by atoms with Crippen LogP contribution in [0.3, 0.4) is 0 Å². The lowest BCUT2D eigenvalue weighted by atomic mass is 10.1. The molecule has 2 rings (SSSR count). The van der Waals surface area contributed by atoms with Crippen LogP contribution in [0.25, 0.3) is 0 Å². The second-order valence-electron chi connectivity index (χ2n) is 4.13. The summed E-state index contributed by atoms with van der Waals surface area (Å²) in [4.78, 5) is 16.1. The predicted octanol–water partition coefficient (Wildman–Crippen LogP) is 2.87. The number of rotatable bonds is 5. The van der Waals surface area contributed by atoms with Gasteiger partial charge in [0, 0.05) is 17.5 Å². The number of hydrogen-bond acceptors (Lipinski definition) is 3. The van der Waals surface area contributed by atoms with Gasteiger partial charge in [0.05, 0.1) is 12.2 Å². The Morgan fingerprint density at radius 2 is 2.00 bits per heavy atom. The van der Waals surface area contributed by atoms with Gasteiger partial charge in [-0.25, -0.2) is 0 Å². The van der Waals surface area contributed by atoms with Crippen LogP contribution in [0, 0.1) is 0 Å². The Kier molecular flexibility index (Phi) is 4.98. The van der Waals surface area contributed by atoms with Gasteiger partial charge in [0.15, 0.2) is 0 Å². The Labute approximate surface area is 117 Å². The third kappa shape index (κ3) is 4.10. The molecule has 1 heterocycles. The van der Waals surface area contributed by atoms with Crippen LogP contribution < -0.4 is 5.32 Å². The van der Waals surface area contributed by atoms with Crippen LogP contribution in [0.4, 0.5) is 0 Å². The lowest BCUT2D eigenvalue weighted by molar-refractivity contribution is 0.0950. The fraction of sp³-hybridized carbons (Fsp3) is 0.200. The Balaban J connectivity index is 1.92. The van der Waals surface area contributed by atoms with Gasteiger partial charge >= 0.3 is 0 Å². The number of pyridine rings is 1. The molecule has 19 heavy (non-hydrogen) atoms. The quantitative estimate of drug-likeness (QED) is 0.910. The molecule has 3 nitrogen and oxygen atoms in total. The molecule has 0 fully saturated rings. The van der Waals surface area contributed by atoms with E-state index in [9.17, 15) is 4.79 Å². The van der Waals surface area contributed by atoms with E-state index in [4.69, 9.17) is 0 Å². The zero-order valence-corrected chi connectivity index (χ0v) is 11.6. The first kappa shape index (κ1) is 13.6. The van der Waals surface area contributed by atoms with Crippen molar-refractivity contribution in [3.05, 3.63) is 65.5 Å². The maximum atomic E-state index is 11.9. The minimum Gasteiger partial charge on any atom is -0.346 e. The minimum atomic E-state index is -0.0682. The molecule has 1 N–H and O–H groups in total. The molecule has 2 aromatic rings. The Bertz CT molecular complexity index is 526. The lowest BCUT2D eigenvalue weighted by Crippen LogP contribution is -2.23. The number of amides is 1. The van der Waals surface area contributed by atoms with Crippen molar-refractivity contribution in [3.63, 3.8) is 0 Å². The molecule has 1 aromatic carbocycles. The molecular formula is C15H16N2OS. The zero-order valence-electron chi connectivity index (χ0n) is 10.8.